The smallest absolute Gasteiger partial charge is 0.298 e. The summed E-state index contributed by atoms with van der Waals surface area (Å²) in [7, 11) is 0. The number of aromatic hydroxyl groups is 1. The monoisotopic (exact) mass is 334 g/mol. The molecule has 0 saturated carbocycles. The maximum absolute atomic E-state index is 12.2. The van der Waals surface area contributed by atoms with Crippen molar-refractivity contribution in [1.29, 1.82) is 0 Å². The predicted molar refractivity (Wildman–Crippen MR) is 86.8 cm³/mol. The number of aryl methyl sites for hydroxylation is 2. The number of nitrogens with zero attached hydrogens (tertiary/aromatic N) is 3. The number of benzene rings is 1. The van der Waals surface area contributed by atoms with Gasteiger partial charge in [0.15, 0.2) is 5.65 Å². The van der Waals surface area contributed by atoms with Gasteiger partial charge in [-0.2, -0.15) is 4.98 Å². The molecule has 0 bridgehead atoms. The molecule has 0 unspecified atom stereocenters. The molecule has 0 radical (unpaired) electrons. The summed E-state index contributed by atoms with van der Waals surface area (Å²) in [6.07, 6.45) is 0. The van der Waals surface area contributed by atoms with Crippen LogP contribution in [0.1, 0.15) is 18.1 Å². The summed E-state index contributed by atoms with van der Waals surface area (Å²) < 4.78 is 6.52. The average molecular weight is 335 g/mol. The molecule has 7 nitrogen and oxygen atoms in total. The van der Waals surface area contributed by atoms with Gasteiger partial charge in [-0.25, -0.2) is 4.68 Å². The Morgan fingerprint density at radius 3 is 2.78 bits per heavy atom. The summed E-state index contributed by atoms with van der Waals surface area (Å²) in [5.74, 6) is 0.0265. The first-order valence-electron chi connectivity index (χ1n) is 7.04. The number of hydrogen-bond acceptors (Lipinski definition) is 5. The minimum absolute atomic E-state index is 0.0265. The van der Waals surface area contributed by atoms with E-state index in [1.165, 1.54) is 4.68 Å². The van der Waals surface area contributed by atoms with Crippen molar-refractivity contribution in [2.75, 3.05) is 6.61 Å². The van der Waals surface area contributed by atoms with Crippen molar-refractivity contribution >= 4 is 22.6 Å². The third-order valence-corrected chi connectivity index (χ3v) is 3.73. The zero-order valence-electron chi connectivity index (χ0n) is 12.8. The van der Waals surface area contributed by atoms with Gasteiger partial charge in [-0.05, 0) is 38.0 Å². The summed E-state index contributed by atoms with van der Waals surface area (Å²) in [6.45, 7) is 5.84. The molecule has 2 N–H and O–H groups in total. The summed E-state index contributed by atoms with van der Waals surface area (Å²) in [6, 6.07) is 3.58. The van der Waals surface area contributed by atoms with Crippen molar-refractivity contribution in [1.82, 2.24) is 19.7 Å². The van der Waals surface area contributed by atoms with Crippen LogP contribution < -0.4 is 10.3 Å². The Bertz CT molecular complexity index is 938. The Labute approximate surface area is 136 Å². The van der Waals surface area contributed by atoms with Crippen molar-refractivity contribution in [2.45, 2.75) is 20.8 Å². The number of rotatable bonds is 3. The first-order chi connectivity index (χ1) is 10.9. The lowest BCUT2D eigenvalue weighted by Crippen LogP contribution is -2.10. The second kappa shape index (κ2) is 5.58. The quantitative estimate of drug-likeness (QED) is 0.767. The summed E-state index contributed by atoms with van der Waals surface area (Å²) in [4.78, 5) is 18.8. The van der Waals surface area contributed by atoms with E-state index in [9.17, 15) is 9.90 Å². The van der Waals surface area contributed by atoms with E-state index >= 15 is 0 Å². The maximum Gasteiger partial charge on any atom is 0.298 e. The minimum atomic E-state index is -0.445. The van der Waals surface area contributed by atoms with Gasteiger partial charge in [0.25, 0.3) is 11.6 Å². The van der Waals surface area contributed by atoms with Gasteiger partial charge in [0.2, 0.25) is 0 Å². The molecule has 2 heterocycles. The van der Waals surface area contributed by atoms with E-state index in [0.717, 1.165) is 11.1 Å². The number of H-pyrrole nitrogens is 1. The Kier molecular flexibility index (Phi) is 3.73. The zero-order chi connectivity index (χ0) is 16.7. The Hall–Kier alpha value is -2.54. The van der Waals surface area contributed by atoms with Gasteiger partial charge in [0, 0.05) is 0 Å². The van der Waals surface area contributed by atoms with E-state index in [2.05, 4.69) is 15.1 Å². The minimum Gasteiger partial charge on any atom is -0.506 e. The number of aromatic nitrogens is 4. The van der Waals surface area contributed by atoms with Gasteiger partial charge in [0.05, 0.1) is 6.61 Å². The average Bonchev–Trinajstić information content (AvgIpc) is 2.75. The SMILES string of the molecule is CCOc1nc2nn(-c3c(C)cc(C)cc3O)c(Cl)c2c(=O)[nH]1. The van der Waals surface area contributed by atoms with Crippen molar-refractivity contribution in [2.24, 2.45) is 0 Å². The standard InChI is InChI=1S/C15H15ClN4O3/c1-4-23-15-17-13-10(14(22)18-15)12(16)20(19-13)11-8(3)5-7(2)6-9(11)21/h5-6,21H,4H2,1-3H3,(H,17,18,19,22). The molecule has 0 spiro atoms. The number of ether oxygens (including phenoxy) is 1. The number of fused-ring (bicyclic) bond motifs is 1. The van der Waals surface area contributed by atoms with Crippen LogP contribution in [0, 0.1) is 13.8 Å². The van der Waals surface area contributed by atoms with Crippen LogP contribution in [0.3, 0.4) is 0 Å². The highest BCUT2D eigenvalue weighted by Crippen LogP contribution is 2.31. The van der Waals surface area contributed by atoms with E-state index in [4.69, 9.17) is 16.3 Å². The predicted octanol–water partition coefficient (Wildman–Crippen LogP) is 2.48. The van der Waals surface area contributed by atoms with Gasteiger partial charge >= 0.3 is 0 Å². The molecule has 0 amide bonds. The molecular weight excluding hydrogens is 320 g/mol. The third-order valence-electron chi connectivity index (χ3n) is 3.38. The second-order valence-corrected chi connectivity index (χ2v) is 5.51. The topological polar surface area (TPSA) is 93.0 Å². The molecule has 120 valence electrons. The third kappa shape index (κ3) is 2.53. The van der Waals surface area contributed by atoms with Crippen LogP contribution in [0.15, 0.2) is 16.9 Å². The largest absolute Gasteiger partial charge is 0.506 e. The van der Waals surface area contributed by atoms with Crippen molar-refractivity contribution in [3.05, 3.63) is 38.8 Å². The van der Waals surface area contributed by atoms with Gasteiger partial charge in [-0.15, -0.1) is 5.10 Å². The molecule has 3 rings (SSSR count). The van der Waals surface area contributed by atoms with Crippen LogP contribution in [0.4, 0.5) is 0 Å². The van der Waals surface area contributed by atoms with Crippen LogP contribution in [-0.2, 0) is 0 Å². The number of nitrogens with one attached hydrogen (secondary N) is 1. The lowest BCUT2D eigenvalue weighted by Gasteiger charge is -2.10. The lowest BCUT2D eigenvalue weighted by molar-refractivity contribution is 0.313. The molecule has 0 aliphatic heterocycles. The fourth-order valence-electron chi connectivity index (χ4n) is 2.51. The number of phenols is 1. The van der Waals surface area contributed by atoms with E-state index in [0.29, 0.717) is 12.3 Å². The number of hydrogen-bond donors (Lipinski definition) is 2. The number of phenolic OH excluding ortho intramolecular Hbond substituents is 1. The van der Waals surface area contributed by atoms with Crippen LogP contribution in [-0.4, -0.2) is 31.5 Å². The molecular formula is C15H15ClN4O3. The van der Waals surface area contributed by atoms with Crippen molar-refractivity contribution in [3.8, 4) is 17.4 Å². The van der Waals surface area contributed by atoms with Gasteiger partial charge in [0.1, 0.15) is 22.0 Å². The fraction of sp³-hybridized carbons (Fsp3) is 0.267. The molecule has 0 saturated heterocycles. The Morgan fingerprint density at radius 2 is 2.13 bits per heavy atom. The molecule has 2 aromatic heterocycles. The first-order valence-corrected chi connectivity index (χ1v) is 7.42. The van der Waals surface area contributed by atoms with E-state index in [1.807, 2.05) is 19.9 Å². The molecule has 8 heteroatoms. The summed E-state index contributed by atoms with van der Waals surface area (Å²) >= 11 is 6.30. The first kappa shape index (κ1) is 15.4. The normalized spacial score (nSPS) is 11.1. The summed E-state index contributed by atoms with van der Waals surface area (Å²) in [5, 5.41) is 14.7. The zero-order valence-corrected chi connectivity index (χ0v) is 13.6. The van der Waals surface area contributed by atoms with Gasteiger partial charge in [-0.3, -0.25) is 9.78 Å². The van der Waals surface area contributed by atoms with Gasteiger partial charge in [-0.1, -0.05) is 17.7 Å². The van der Waals surface area contributed by atoms with Crippen LogP contribution >= 0.6 is 11.6 Å². The van der Waals surface area contributed by atoms with Crippen LogP contribution in [0.5, 0.6) is 11.8 Å². The van der Waals surface area contributed by atoms with Crippen molar-refractivity contribution < 1.29 is 9.84 Å². The molecule has 23 heavy (non-hydrogen) atoms. The van der Waals surface area contributed by atoms with Gasteiger partial charge < -0.3 is 9.84 Å². The Balaban J connectivity index is 2.30. The Morgan fingerprint density at radius 1 is 1.39 bits per heavy atom. The van der Waals surface area contributed by atoms with E-state index < -0.39 is 5.56 Å². The van der Waals surface area contributed by atoms with E-state index in [1.54, 1.807) is 13.0 Å². The highest BCUT2D eigenvalue weighted by atomic mass is 35.5. The molecule has 1 aromatic carbocycles. The highest BCUT2D eigenvalue weighted by molar-refractivity contribution is 6.34. The second-order valence-electron chi connectivity index (χ2n) is 5.15. The molecule has 0 atom stereocenters. The highest BCUT2D eigenvalue weighted by Gasteiger charge is 2.20. The fourth-order valence-corrected chi connectivity index (χ4v) is 2.80. The molecule has 0 aliphatic carbocycles. The number of halogens is 1. The van der Waals surface area contributed by atoms with E-state index in [-0.39, 0.29) is 27.9 Å². The van der Waals surface area contributed by atoms with Crippen LogP contribution in [0.25, 0.3) is 16.7 Å². The summed E-state index contributed by atoms with van der Waals surface area (Å²) in [5.41, 5.74) is 1.81. The molecule has 0 aliphatic rings. The van der Waals surface area contributed by atoms with Crippen LogP contribution in [0.2, 0.25) is 5.15 Å². The lowest BCUT2D eigenvalue weighted by atomic mass is 10.1. The van der Waals surface area contributed by atoms with Crippen molar-refractivity contribution in [3.63, 3.8) is 0 Å². The molecule has 3 aromatic rings. The maximum atomic E-state index is 12.2. The molecule has 0 fully saturated rings. The number of aromatic amines is 1.